The lowest BCUT2D eigenvalue weighted by Crippen LogP contribution is -2.44. The predicted molar refractivity (Wildman–Crippen MR) is 109 cm³/mol. The maximum atomic E-state index is 13.2. The first kappa shape index (κ1) is 16.2. The second kappa shape index (κ2) is 5.06. The van der Waals surface area contributed by atoms with Crippen LogP contribution in [0.25, 0.3) is 0 Å². The van der Waals surface area contributed by atoms with Crippen molar-refractivity contribution in [3.63, 3.8) is 0 Å². The molecule has 3 heterocycles. The lowest BCUT2D eigenvalue weighted by atomic mass is 9.97. The number of carbonyl (C=O) groups is 1. The normalized spacial score (nSPS) is 26.1. The van der Waals surface area contributed by atoms with Gasteiger partial charge in [0.15, 0.2) is 0 Å². The van der Waals surface area contributed by atoms with Gasteiger partial charge in [0.25, 0.3) is 5.91 Å². The second-order valence-corrected chi connectivity index (χ2v) is 16.4. The van der Waals surface area contributed by atoms with Crippen LogP contribution in [-0.2, 0) is 4.12 Å². The summed E-state index contributed by atoms with van der Waals surface area (Å²) in [6.45, 7) is 9.21. The van der Waals surface area contributed by atoms with E-state index in [9.17, 15) is 4.79 Å². The first-order valence-electron chi connectivity index (χ1n) is 9.25. The van der Waals surface area contributed by atoms with Gasteiger partial charge in [-0.15, -0.1) is 0 Å². The quantitative estimate of drug-likeness (QED) is 0.563. The predicted octanol–water partition coefficient (Wildman–Crippen LogP) is 3.35. The Bertz CT molecular complexity index is 914. The van der Waals surface area contributed by atoms with Crippen LogP contribution in [0.1, 0.15) is 33.6 Å². The summed E-state index contributed by atoms with van der Waals surface area (Å²) in [7, 11) is -3.69. The van der Waals surface area contributed by atoms with Crippen molar-refractivity contribution in [3.8, 4) is 0 Å². The SMILES string of the molecule is C[Si]1(C)O[Si](C)(C)c2cc3c(cc21)[C@H]1C=C[C@@H]3N1C(=O)c1ccccc1. The van der Waals surface area contributed by atoms with E-state index in [1.54, 1.807) is 0 Å². The molecule has 2 aromatic rings. The fourth-order valence-electron chi connectivity index (χ4n) is 4.95. The van der Waals surface area contributed by atoms with Gasteiger partial charge in [-0.2, -0.15) is 0 Å². The molecule has 2 aromatic carbocycles. The van der Waals surface area contributed by atoms with Crippen LogP contribution in [0.2, 0.25) is 26.2 Å². The zero-order valence-corrected chi connectivity index (χ0v) is 17.6. The van der Waals surface area contributed by atoms with Crippen LogP contribution in [0.3, 0.4) is 0 Å². The Morgan fingerprint density at radius 1 is 0.885 bits per heavy atom. The minimum absolute atomic E-state index is 0.0585. The van der Waals surface area contributed by atoms with Gasteiger partial charge >= 0.3 is 0 Å². The topological polar surface area (TPSA) is 29.5 Å². The Morgan fingerprint density at radius 2 is 1.38 bits per heavy atom. The van der Waals surface area contributed by atoms with Gasteiger partial charge in [0.2, 0.25) is 16.6 Å². The molecule has 0 saturated heterocycles. The van der Waals surface area contributed by atoms with E-state index in [0.717, 1.165) is 5.56 Å². The molecule has 5 rings (SSSR count). The third-order valence-electron chi connectivity index (χ3n) is 6.00. The number of nitrogens with zero attached hydrogens (tertiary/aromatic N) is 1. The lowest BCUT2D eigenvalue weighted by molar-refractivity contribution is 0.0713. The number of carbonyl (C=O) groups excluding carboxylic acids is 1. The van der Waals surface area contributed by atoms with Crippen molar-refractivity contribution in [1.82, 2.24) is 4.90 Å². The van der Waals surface area contributed by atoms with E-state index in [-0.39, 0.29) is 18.0 Å². The maximum Gasteiger partial charge on any atom is 0.255 e. The molecule has 0 saturated carbocycles. The van der Waals surface area contributed by atoms with Crippen LogP contribution in [0.5, 0.6) is 0 Å². The smallest absolute Gasteiger partial charge is 0.255 e. The van der Waals surface area contributed by atoms with Gasteiger partial charge in [-0.05, 0) is 59.8 Å². The number of benzene rings is 2. The van der Waals surface area contributed by atoms with Crippen molar-refractivity contribution in [2.45, 2.75) is 38.3 Å². The van der Waals surface area contributed by atoms with E-state index in [4.69, 9.17) is 4.12 Å². The van der Waals surface area contributed by atoms with Crippen molar-refractivity contribution in [3.05, 3.63) is 71.3 Å². The molecule has 0 aromatic heterocycles. The van der Waals surface area contributed by atoms with Crippen LogP contribution in [0.4, 0.5) is 0 Å². The summed E-state index contributed by atoms with van der Waals surface area (Å²) in [6.07, 6.45) is 4.38. The van der Waals surface area contributed by atoms with E-state index >= 15 is 0 Å². The number of rotatable bonds is 1. The van der Waals surface area contributed by atoms with Crippen LogP contribution in [0, 0.1) is 0 Å². The van der Waals surface area contributed by atoms with Gasteiger partial charge in [0.1, 0.15) is 0 Å². The molecule has 2 atom stereocenters. The molecule has 3 aliphatic heterocycles. The molecule has 132 valence electrons. The first-order chi connectivity index (χ1) is 12.3. The summed E-state index contributed by atoms with van der Waals surface area (Å²) in [4.78, 5) is 15.2. The molecule has 0 aliphatic carbocycles. The van der Waals surface area contributed by atoms with Gasteiger partial charge in [0.05, 0.1) is 12.1 Å². The first-order valence-corrected chi connectivity index (χ1v) is 15.1. The van der Waals surface area contributed by atoms with Gasteiger partial charge in [0, 0.05) is 5.56 Å². The van der Waals surface area contributed by atoms with E-state index in [1.165, 1.54) is 21.5 Å². The third kappa shape index (κ3) is 2.05. The molecule has 0 radical (unpaired) electrons. The highest BCUT2D eigenvalue weighted by molar-refractivity contribution is 7.05. The van der Waals surface area contributed by atoms with Crippen LogP contribution < -0.4 is 10.4 Å². The fourth-order valence-corrected chi connectivity index (χ4v) is 15.2. The summed E-state index contributed by atoms with van der Waals surface area (Å²) in [5.74, 6) is 0.117. The summed E-state index contributed by atoms with van der Waals surface area (Å²) in [6, 6.07) is 14.5. The van der Waals surface area contributed by atoms with E-state index < -0.39 is 16.6 Å². The molecule has 3 aliphatic rings. The average molecular weight is 378 g/mol. The molecule has 1 amide bonds. The zero-order valence-electron chi connectivity index (χ0n) is 15.6. The van der Waals surface area contributed by atoms with Crippen molar-refractivity contribution < 1.29 is 8.91 Å². The molecule has 26 heavy (non-hydrogen) atoms. The van der Waals surface area contributed by atoms with Gasteiger partial charge in [-0.3, -0.25) is 4.79 Å². The zero-order chi connectivity index (χ0) is 18.3. The van der Waals surface area contributed by atoms with Crippen LogP contribution >= 0.6 is 0 Å². The highest BCUT2D eigenvalue weighted by Crippen LogP contribution is 2.49. The summed E-state index contributed by atoms with van der Waals surface area (Å²) in [5, 5.41) is 2.89. The minimum Gasteiger partial charge on any atom is -0.449 e. The molecule has 2 bridgehead atoms. The Hall–Kier alpha value is -1.96. The lowest BCUT2D eigenvalue weighted by Gasteiger charge is -2.24. The van der Waals surface area contributed by atoms with Crippen molar-refractivity contribution in [2.24, 2.45) is 0 Å². The Labute approximate surface area is 156 Å². The number of amides is 1. The van der Waals surface area contributed by atoms with E-state index in [2.05, 4.69) is 50.5 Å². The van der Waals surface area contributed by atoms with Gasteiger partial charge < -0.3 is 9.02 Å². The van der Waals surface area contributed by atoms with Crippen molar-refractivity contribution in [2.75, 3.05) is 0 Å². The van der Waals surface area contributed by atoms with Crippen LogP contribution in [-0.4, -0.2) is 27.4 Å². The summed E-state index contributed by atoms with van der Waals surface area (Å²) < 4.78 is 6.60. The number of hydrogen-bond donors (Lipinski definition) is 0. The molecule has 5 heteroatoms. The monoisotopic (exact) mass is 377 g/mol. The Morgan fingerprint density at radius 3 is 1.88 bits per heavy atom. The molecular weight excluding hydrogens is 354 g/mol. The average Bonchev–Trinajstić information content (AvgIpc) is 3.21. The molecule has 0 fully saturated rings. The summed E-state index contributed by atoms with van der Waals surface area (Å²) in [5.41, 5.74) is 3.37. The van der Waals surface area contributed by atoms with Crippen LogP contribution in [0.15, 0.2) is 54.6 Å². The third-order valence-corrected chi connectivity index (χ3v) is 13.8. The number of hydrogen-bond acceptors (Lipinski definition) is 2. The summed E-state index contributed by atoms with van der Waals surface area (Å²) >= 11 is 0. The molecular formula is C21H23NO2Si2. The van der Waals surface area contributed by atoms with Crippen molar-refractivity contribution >= 4 is 32.9 Å². The molecule has 3 nitrogen and oxygen atoms in total. The second-order valence-electron chi connectivity index (χ2n) is 8.50. The minimum atomic E-state index is -1.85. The fraction of sp³-hybridized carbons (Fsp3) is 0.286. The largest absolute Gasteiger partial charge is 0.449 e. The Kier molecular flexibility index (Phi) is 3.16. The van der Waals surface area contributed by atoms with Gasteiger partial charge in [-0.25, -0.2) is 0 Å². The highest BCUT2D eigenvalue weighted by Gasteiger charge is 2.50. The van der Waals surface area contributed by atoms with Crippen molar-refractivity contribution in [1.29, 1.82) is 0 Å². The molecule has 0 spiro atoms. The Balaban J connectivity index is 1.61. The highest BCUT2D eigenvalue weighted by atomic mass is 28.4. The molecule has 0 N–H and O–H groups in total. The maximum absolute atomic E-state index is 13.2. The number of fused-ring (bicyclic) bond motifs is 6. The molecule has 0 unspecified atom stereocenters. The van der Waals surface area contributed by atoms with Gasteiger partial charge in [-0.1, -0.05) is 42.5 Å². The standard InChI is InChI=1S/C21H23NO2Si2/c1-25(2)19-12-15-16(13-20(19)26(3,4)24-25)18-11-10-17(15)22(18)21(23)14-8-6-5-7-9-14/h5-13,17-18H,1-4H3/t17-,18+. The van der Waals surface area contributed by atoms with E-state index in [1.807, 2.05) is 35.2 Å². The van der Waals surface area contributed by atoms with E-state index in [0.29, 0.717) is 0 Å².